The number of hydrogen-bond acceptors (Lipinski definition) is 8. The first-order valence-corrected chi connectivity index (χ1v) is 10.5. The number of carbonyl (C=O) groups excluding carboxylic acids is 3. The van der Waals surface area contributed by atoms with E-state index in [0.717, 1.165) is 30.2 Å². The summed E-state index contributed by atoms with van der Waals surface area (Å²) in [5.74, 6) is 1.00. The Morgan fingerprint density at radius 2 is 1.87 bits per heavy atom. The summed E-state index contributed by atoms with van der Waals surface area (Å²) in [4.78, 5) is 44.7. The number of ether oxygens (including phenoxy) is 2. The molecule has 3 heterocycles. The molecule has 0 aliphatic carbocycles. The maximum atomic E-state index is 11.6. The number of piperidine rings is 1. The van der Waals surface area contributed by atoms with Crippen molar-refractivity contribution in [3.63, 3.8) is 0 Å². The van der Waals surface area contributed by atoms with Gasteiger partial charge in [0.15, 0.2) is 0 Å². The summed E-state index contributed by atoms with van der Waals surface area (Å²) in [6.45, 7) is 2.92. The number of likely N-dealkylation sites (tertiary alicyclic amines) is 1. The first kappa shape index (κ1) is 20.9. The summed E-state index contributed by atoms with van der Waals surface area (Å²) < 4.78 is 11.7. The van der Waals surface area contributed by atoms with E-state index in [-0.39, 0.29) is 17.3 Å². The van der Waals surface area contributed by atoms with E-state index in [1.54, 1.807) is 43.3 Å². The molecule has 1 N–H and O–H groups in total. The fraction of sp³-hybridized carbons (Fsp3) is 0.286. The number of rotatable bonds is 5. The molecule has 9 nitrogen and oxygen atoms in total. The van der Waals surface area contributed by atoms with E-state index in [1.165, 1.54) is 6.33 Å². The monoisotopic (exact) mass is 440 g/mol. The van der Waals surface area contributed by atoms with E-state index in [2.05, 4.69) is 15.3 Å². The van der Waals surface area contributed by atoms with Gasteiger partial charge in [0.1, 0.15) is 18.2 Å². The molecule has 1 aromatic carbocycles. The minimum Gasteiger partial charge on any atom is -0.474 e. The fourth-order valence-electron chi connectivity index (χ4n) is 3.23. The van der Waals surface area contributed by atoms with Crippen LogP contribution in [0, 0.1) is 0 Å². The van der Waals surface area contributed by atoms with Crippen molar-refractivity contribution in [3.05, 3.63) is 47.1 Å². The highest BCUT2D eigenvalue weighted by molar-refractivity contribution is 8.18. The zero-order valence-corrected chi connectivity index (χ0v) is 17.6. The van der Waals surface area contributed by atoms with Crippen LogP contribution in [0.1, 0.15) is 25.3 Å². The van der Waals surface area contributed by atoms with Crippen LogP contribution in [0.2, 0.25) is 0 Å². The molecule has 0 unspecified atom stereocenters. The lowest BCUT2D eigenvalue weighted by atomic mass is 10.1. The van der Waals surface area contributed by atoms with Crippen LogP contribution in [-0.2, 0) is 9.59 Å². The fourth-order valence-corrected chi connectivity index (χ4v) is 3.91. The predicted molar refractivity (Wildman–Crippen MR) is 114 cm³/mol. The number of amides is 3. The molecule has 0 saturated carbocycles. The minimum absolute atomic E-state index is 0.0109. The Kier molecular flexibility index (Phi) is 6.17. The van der Waals surface area contributed by atoms with Crippen molar-refractivity contribution in [2.75, 3.05) is 13.1 Å². The first-order valence-electron chi connectivity index (χ1n) is 9.73. The van der Waals surface area contributed by atoms with Gasteiger partial charge in [-0.05, 0) is 35.5 Å². The predicted octanol–water partition coefficient (Wildman–Crippen LogP) is 2.98. The van der Waals surface area contributed by atoms with E-state index in [9.17, 15) is 14.4 Å². The second-order valence-corrected chi connectivity index (χ2v) is 8.06. The highest BCUT2D eigenvalue weighted by atomic mass is 32.2. The largest absolute Gasteiger partial charge is 0.474 e. The molecule has 2 saturated heterocycles. The molecule has 2 aliphatic heterocycles. The Morgan fingerprint density at radius 3 is 2.52 bits per heavy atom. The topological polar surface area (TPSA) is 111 Å². The number of aromatic nitrogens is 2. The molecule has 31 heavy (non-hydrogen) atoms. The number of imide groups is 1. The quantitative estimate of drug-likeness (QED) is 0.707. The van der Waals surface area contributed by atoms with Crippen LogP contribution in [0.3, 0.4) is 0 Å². The van der Waals surface area contributed by atoms with E-state index in [0.29, 0.717) is 35.5 Å². The van der Waals surface area contributed by atoms with Gasteiger partial charge < -0.3 is 14.4 Å². The Hall–Kier alpha value is -3.40. The van der Waals surface area contributed by atoms with Gasteiger partial charge in [-0.15, -0.1) is 0 Å². The number of nitrogens with one attached hydrogen (secondary N) is 1. The first-order chi connectivity index (χ1) is 15.0. The lowest BCUT2D eigenvalue weighted by Crippen LogP contribution is -2.40. The van der Waals surface area contributed by atoms with Crippen molar-refractivity contribution in [2.24, 2.45) is 0 Å². The van der Waals surface area contributed by atoms with Crippen molar-refractivity contribution in [2.45, 2.75) is 25.9 Å². The summed E-state index contributed by atoms with van der Waals surface area (Å²) in [6, 6.07) is 8.66. The molecule has 10 heteroatoms. The number of benzene rings is 1. The smallest absolute Gasteiger partial charge is 0.290 e. The Balaban J connectivity index is 1.36. The van der Waals surface area contributed by atoms with Crippen LogP contribution < -0.4 is 14.8 Å². The third-order valence-corrected chi connectivity index (χ3v) is 5.64. The Labute approximate surface area is 182 Å². The second-order valence-electron chi connectivity index (χ2n) is 7.04. The molecule has 0 spiro atoms. The van der Waals surface area contributed by atoms with Crippen LogP contribution in [0.5, 0.6) is 17.5 Å². The van der Waals surface area contributed by atoms with Crippen molar-refractivity contribution in [1.82, 2.24) is 20.2 Å². The van der Waals surface area contributed by atoms with Crippen LogP contribution >= 0.6 is 11.8 Å². The number of hydrogen-bond donors (Lipinski definition) is 1. The molecule has 160 valence electrons. The molecule has 4 rings (SSSR count). The standard InChI is InChI=1S/C21H20N4O5S/c1-13(26)25-8-6-16(7-9-25)30-19-11-18(22-12-23-19)29-15-4-2-14(3-5-15)10-17-20(27)24-21(28)31-17/h2-5,10-12,16H,6-9H2,1H3,(H,24,27,28). The van der Waals surface area contributed by atoms with E-state index >= 15 is 0 Å². The molecule has 0 radical (unpaired) electrons. The van der Waals surface area contributed by atoms with Gasteiger partial charge in [-0.25, -0.2) is 9.97 Å². The summed E-state index contributed by atoms with van der Waals surface area (Å²) >= 11 is 0.873. The summed E-state index contributed by atoms with van der Waals surface area (Å²) in [5.41, 5.74) is 0.767. The van der Waals surface area contributed by atoms with E-state index in [1.807, 2.05) is 4.90 Å². The average molecular weight is 440 g/mol. The normalized spacial score (nSPS) is 18.2. The maximum absolute atomic E-state index is 11.6. The van der Waals surface area contributed by atoms with Crippen LogP contribution in [0.4, 0.5) is 4.79 Å². The number of nitrogens with zero attached hydrogens (tertiary/aromatic N) is 3. The molecule has 0 bridgehead atoms. The second kappa shape index (κ2) is 9.17. The third-order valence-electron chi connectivity index (χ3n) is 4.83. The van der Waals surface area contributed by atoms with Gasteiger partial charge in [0.2, 0.25) is 17.7 Å². The van der Waals surface area contributed by atoms with Gasteiger partial charge in [0.25, 0.3) is 11.1 Å². The van der Waals surface area contributed by atoms with Gasteiger partial charge in [-0.3, -0.25) is 19.7 Å². The number of thioether (sulfide) groups is 1. The summed E-state index contributed by atoms with van der Waals surface area (Å²) in [5, 5.41) is 1.85. The van der Waals surface area contributed by atoms with Crippen molar-refractivity contribution in [1.29, 1.82) is 0 Å². The minimum atomic E-state index is -0.393. The third kappa shape index (κ3) is 5.40. The molecular formula is C21H20N4O5S. The van der Waals surface area contributed by atoms with Gasteiger partial charge >= 0.3 is 0 Å². The van der Waals surface area contributed by atoms with Gasteiger partial charge in [0.05, 0.1) is 11.0 Å². The average Bonchev–Trinajstić information content (AvgIpc) is 3.07. The van der Waals surface area contributed by atoms with E-state index in [4.69, 9.17) is 9.47 Å². The molecule has 1 aromatic heterocycles. The van der Waals surface area contributed by atoms with Crippen molar-refractivity contribution < 1.29 is 23.9 Å². The molecule has 0 atom stereocenters. The summed E-state index contributed by atoms with van der Waals surface area (Å²) in [6.07, 6.45) is 4.50. The molecule has 3 amide bonds. The number of carbonyl (C=O) groups is 3. The lowest BCUT2D eigenvalue weighted by Gasteiger charge is -2.31. The molecular weight excluding hydrogens is 420 g/mol. The van der Waals surface area contributed by atoms with Gasteiger partial charge in [0, 0.05) is 32.9 Å². The van der Waals surface area contributed by atoms with Gasteiger partial charge in [-0.2, -0.15) is 0 Å². The van der Waals surface area contributed by atoms with Crippen LogP contribution in [-0.4, -0.2) is 51.1 Å². The van der Waals surface area contributed by atoms with Crippen molar-refractivity contribution >= 4 is 34.9 Å². The maximum Gasteiger partial charge on any atom is 0.290 e. The molecule has 2 fully saturated rings. The zero-order valence-electron chi connectivity index (χ0n) is 16.7. The lowest BCUT2D eigenvalue weighted by molar-refractivity contribution is -0.130. The summed E-state index contributed by atoms with van der Waals surface area (Å²) in [7, 11) is 0. The van der Waals surface area contributed by atoms with E-state index < -0.39 is 5.91 Å². The highest BCUT2D eigenvalue weighted by Gasteiger charge is 2.25. The highest BCUT2D eigenvalue weighted by Crippen LogP contribution is 2.27. The Bertz CT molecular complexity index is 1030. The van der Waals surface area contributed by atoms with Crippen LogP contribution in [0.25, 0.3) is 6.08 Å². The molecule has 2 aliphatic rings. The van der Waals surface area contributed by atoms with Crippen LogP contribution in [0.15, 0.2) is 41.6 Å². The zero-order chi connectivity index (χ0) is 21.8. The SMILES string of the molecule is CC(=O)N1CCC(Oc2cc(Oc3ccc(C=C4SC(=O)NC4=O)cc3)ncn2)CC1. The molecule has 2 aromatic rings. The van der Waals surface area contributed by atoms with Crippen molar-refractivity contribution in [3.8, 4) is 17.5 Å². The van der Waals surface area contributed by atoms with Gasteiger partial charge in [-0.1, -0.05) is 12.1 Å². The Morgan fingerprint density at radius 1 is 1.16 bits per heavy atom.